The van der Waals surface area contributed by atoms with Crippen LogP contribution in [0.3, 0.4) is 0 Å². The van der Waals surface area contributed by atoms with Crippen LogP contribution in [0.1, 0.15) is 40.5 Å². The highest BCUT2D eigenvalue weighted by Gasteiger charge is 2.16. The van der Waals surface area contributed by atoms with Crippen molar-refractivity contribution in [2.24, 2.45) is 5.73 Å². The van der Waals surface area contributed by atoms with E-state index in [4.69, 9.17) is 5.73 Å². The Labute approximate surface area is 144 Å². The molecule has 0 saturated carbocycles. The van der Waals surface area contributed by atoms with Gasteiger partial charge in [0.05, 0.1) is 0 Å². The Hall–Kier alpha value is -2.39. The van der Waals surface area contributed by atoms with Crippen molar-refractivity contribution >= 4 is 0 Å². The molecule has 24 heavy (non-hydrogen) atoms. The molecule has 3 aromatic rings. The standard InChI is InChI=1S/C21H25N3/c1-16-7-5-6-10-19(16)20(17-8-3-2-4-9-17)11-12-21-23-15-18(24-21)13-14-22/h2-10,15,20H,11-14,22H2,1H3,(H,23,24). The Bertz CT molecular complexity index is 762. The van der Waals surface area contributed by atoms with E-state index in [-0.39, 0.29) is 0 Å². The summed E-state index contributed by atoms with van der Waals surface area (Å²) in [6.45, 7) is 2.84. The summed E-state index contributed by atoms with van der Waals surface area (Å²) >= 11 is 0. The number of nitrogens with zero attached hydrogens (tertiary/aromatic N) is 1. The number of aromatic nitrogens is 2. The van der Waals surface area contributed by atoms with Crippen LogP contribution in [0.25, 0.3) is 0 Å². The summed E-state index contributed by atoms with van der Waals surface area (Å²) in [4.78, 5) is 7.90. The molecule has 3 nitrogen and oxygen atoms in total. The first-order valence-electron chi connectivity index (χ1n) is 8.61. The van der Waals surface area contributed by atoms with Crippen molar-refractivity contribution in [1.82, 2.24) is 9.97 Å². The Kier molecular flexibility index (Phi) is 5.44. The maximum atomic E-state index is 5.61. The molecular formula is C21H25N3. The van der Waals surface area contributed by atoms with E-state index in [0.29, 0.717) is 12.5 Å². The number of imidazole rings is 1. The van der Waals surface area contributed by atoms with Gasteiger partial charge < -0.3 is 10.7 Å². The summed E-state index contributed by atoms with van der Waals surface area (Å²) in [5, 5.41) is 0. The first kappa shape index (κ1) is 16.5. The number of aromatic amines is 1. The lowest BCUT2D eigenvalue weighted by Gasteiger charge is -2.19. The molecule has 0 aliphatic heterocycles. The number of nitrogens with one attached hydrogen (secondary N) is 1. The molecule has 0 aliphatic carbocycles. The van der Waals surface area contributed by atoms with Crippen LogP contribution in [0, 0.1) is 6.92 Å². The Morgan fingerprint density at radius 1 is 1.00 bits per heavy atom. The van der Waals surface area contributed by atoms with E-state index in [2.05, 4.69) is 71.5 Å². The summed E-state index contributed by atoms with van der Waals surface area (Å²) in [5.41, 5.74) is 10.8. The first-order valence-corrected chi connectivity index (χ1v) is 8.61. The van der Waals surface area contributed by atoms with Gasteiger partial charge >= 0.3 is 0 Å². The van der Waals surface area contributed by atoms with Crippen molar-refractivity contribution in [3.63, 3.8) is 0 Å². The molecule has 2 aromatic carbocycles. The second-order valence-electron chi connectivity index (χ2n) is 6.25. The average Bonchev–Trinajstić information content (AvgIpc) is 3.05. The highest BCUT2D eigenvalue weighted by Crippen LogP contribution is 2.31. The fraction of sp³-hybridized carbons (Fsp3) is 0.286. The van der Waals surface area contributed by atoms with E-state index in [1.54, 1.807) is 0 Å². The van der Waals surface area contributed by atoms with E-state index >= 15 is 0 Å². The zero-order valence-electron chi connectivity index (χ0n) is 14.2. The lowest BCUT2D eigenvalue weighted by molar-refractivity contribution is 0.690. The van der Waals surface area contributed by atoms with Crippen LogP contribution in [-0.2, 0) is 12.8 Å². The third-order valence-electron chi connectivity index (χ3n) is 4.53. The van der Waals surface area contributed by atoms with E-state index in [9.17, 15) is 0 Å². The second-order valence-corrected chi connectivity index (χ2v) is 6.25. The molecule has 0 saturated heterocycles. The summed E-state index contributed by atoms with van der Waals surface area (Å²) in [7, 11) is 0. The third kappa shape index (κ3) is 3.92. The van der Waals surface area contributed by atoms with Gasteiger partial charge in [0.1, 0.15) is 5.82 Å². The molecule has 0 bridgehead atoms. The number of aryl methyl sites for hydroxylation is 2. The summed E-state index contributed by atoms with van der Waals surface area (Å²) in [6, 6.07) is 19.4. The van der Waals surface area contributed by atoms with E-state index < -0.39 is 0 Å². The van der Waals surface area contributed by atoms with Crippen LogP contribution in [0.4, 0.5) is 0 Å². The van der Waals surface area contributed by atoms with Gasteiger partial charge in [-0.05, 0) is 36.6 Å². The van der Waals surface area contributed by atoms with Crippen LogP contribution in [0.2, 0.25) is 0 Å². The predicted octanol–water partition coefficient (Wildman–Crippen LogP) is 3.98. The molecule has 0 radical (unpaired) electrons. The van der Waals surface area contributed by atoms with Crippen molar-refractivity contribution in [2.75, 3.05) is 6.54 Å². The fourth-order valence-electron chi connectivity index (χ4n) is 3.26. The minimum atomic E-state index is 0.385. The number of hydrogen-bond donors (Lipinski definition) is 2. The Balaban J connectivity index is 1.81. The summed E-state index contributed by atoms with van der Waals surface area (Å²) in [5.74, 6) is 1.43. The zero-order valence-corrected chi connectivity index (χ0v) is 14.2. The predicted molar refractivity (Wildman–Crippen MR) is 99.1 cm³/mol. The molecule has 0 spiro atoms. The molecule has 3 rings (SSSR count). The molecule has 1 heterocycles. The van der Waals surface area contributed by atoms with Crippen LogP contribution in [0.5, 0.6) is 0 Å². The SMILES string of the molecule is Cc1ccccc1C(CCc1ncc(CCN)[nH]1)c1ccccc1. The zero-order chi connectivity index (χ0) is 16.8. The number of rotatable bonds is 7. The molecule has 1 unspecified atom stereocenters. The minimum Gasteiger partial charge on any atom is -0.346 e. The number of hydrogen-bond acceptors (Lipinski definition) is 2. The van der Waals surface area contributed by atoms with E-state index in [1.165, 1.54) is 16.7 Å². The van der Waals surface area contributed by atoms with Gasteiger partial charge in [-0.2, -0.15) is 0 Å². The molecule has 1 atom stereocenters. The molecule has 3 heteroatoms. The molecular weight excluding hydrogens is 294 g/mol. The lowest BCUT2D eigenvalue weighted by Crippen LogP contribution is -2.06. The Morgan fingerprint density at radius 2 is 1.75 bits per heavy atom. The smallest absolute Gasteiger partial charge is 0.106 e. The van der Waals surface area contributed by atoms with Crippen LogP contribution >= 0.6 is 0 Å². The van der Waals surface area contributed by atoms with Gasteiger partial charge in [-0.3, -0.25) is 0 Å². The van der Waals surface area contributed by atoms with Gasteiger partial charge in [0.15, 0.2) is 0 Å². The molecule has 124 valence electrons. The number of nitrogens with two attached hydrogens (primary N) is 1. The monoisotopic (exact) mass is 319 g/mol. The van der Waals surface area contributed by atoms with Gasteiger partial charge in [-0.25, -0.2) is 4.98 Å². The van der Waals surface area contributed by atoms with Gasteiger partial charge in [0.25, 0.3) is 0 Å². The van der Waals surface area contributed by atoms with Crippen molar-refractivity contribution in [3.8, 4) is 0 Å². The molecule has 0 aliphatic rings. The average molecular weight is 319 g/mol. The maximum Gasteiger partial charge on any atom is 0.106 e. The van der Waals surface area contributed by atoms with Crippen molar-refractivity contribution in [2.45, 2.75) is 32.1 Å². The van der Waals surface area contributed by atoms with E-state index in [1.807, 2.05) is 6.20 Å². The summed E-state index contributed by atoms with van der Waals surface area (Å²) < 4.78 is 0. The van der Waals surface area contributed by atoms with Gasteiger partial charge in [-0.1, -0.05) is 54.6 Å². The molecule has 3 N–H and O–H groups in total. The van der Waals surface area contributed by atoms with Gasteiger partial charge in [0.2, 0.25) is 0 Å². The van der Waals surface area contributed by atoms with Gasteiger partial charge in [-0.15, -0.1) is 0 Å². The van der Waals surface area contributed by atoms with Crippen molar-refractivity contribution in [1.29, 1.82) is 0 Å². The van der Waals surface area contributed by atoms with Crippen molar-refractivity contribution < 1.29 is 0 Å². The Morgan fingerprint density at radius 3 is 2.50 bits per heavy atom. The van der Waals surface area contributed by atoms with Crippen LogP contribution in [-0.4, -0.2) is 16.5 Å². The lowest BCUT2D eigenvalue weighted by atomic mass is 9.85. The van der Waals surface area contributed by atoms with Crippen LogP contribution in [0.15, 0.2) is 60.8 Å². The highest BCUT2D eigenvalue weighted by atomic mass is 14.9. The second kappa shape index (κ2) is 7.93. The van der Waals surface area contributed by atoms with E-state index in [0.717, 1.165) is 30.8 Å². The minimum absolute atomic E-state index is 0.385. The topological polar surface area (TPSA) is 54.7 Å². The normalized spacial score (nSPS) is 12.2. The number of H-pyrrole nitrogens is 1. The quantitative estimate of drug-likeness (QED) is 0.692. The molecule has 0 fully saturated rings. The summed E-state index contributed by atoms with van der Waals surface area (Å²) in [6.07, 6.45) is 4.73. The number of benzene rings is 2. The third-order valence-corrected chi connectivity index (χ3v) is 4.53. The van der Waals surface area contributed by atoms with Crippen LogP contribution < -0.4 is 5.73 Å². The first-order chi connectivity index (χ1) is 11.8. The molecule has 0 amide bonds. The largest absolute Gasteiger partial charge is 0.346 e. The maximum absolute atomic E-state index is 5.61. The highest BCUT2D eigenvalue weighted by molar-refractivity contribution is 5.37. The van der Waals surface area contributed by atoms with Gasteiger partial charge in [0, 0.05) is 30.7 Å². The fourth-order valence-corrected chi connectivity index (χ4v) is 3.26. The molecule has 1 aromatic heterocycles. The van der Waals surface area contributed by atoms with Crippen molar-refractivity contribution in [3.05, 3.63) is 89.0 Å².